The summed E-state index contributed by atoms with van der Waals surface area (Å²) in [6.07, 6.45) is 1.18. The van der Waals surface area contributed by atoms with E-state index in [0.29, 0.717) is 29.1 Å². The molecule has 0 heterocycles. The Morgan fingerprint density at radius 3 is 1.70 bits per heavy atom. The van der Waals surface area contributed by atoms with E-state index in [1.807, 2.05) is 0 Å². The zero-order chi connectivity index (χ0) is 15.5. The number of ether oxygens (including phenoxy) is 2. The van der Waals surface area contributed by atoms with E-state index in [1.165, 1.54) is 6.42 Å². The number of rotatable bonds is 7. The molecule has 1 saturated carbocycles. The van der Waals surface area contributed by atoms with Gasteiger partial charge in [-0.05, 0) is 35.5 Å². The Morgan fingerprint density at radius 1 is 0.950 bits per heavy atom. The molecule has 1 rings (SSSR count). The van der Waals surface area contributed by atoms with Crippen molar-refractivity contribution in [3.8, 4) is 0 Å². The van der Waals surface area contributed by atoms with E-state index < -0.39 is 0 Å². The van der Waals surface area contributed by atoms with Crippen molar-refractivity contribution < 1.29 is 9.47 Å². The molecule has 1 fully saturated rings. The van der Waals surface area contributed by atoms with Crippen molar-refractivity contribution in [3.05, 3.63) is 0 Å². The molecule has 2 heteroatoms. The largest absolute Gasteiger partial charge is 0.352 e. The van der Waals surface area contributed by atoms with Gasteiger partial charge in [0, 0.05) is 5.92 Å². The maximum atomic E-state index is 6.13. The van der Waals surface area contributed by atoms with Crippen molar-refractivity contribution in [2.24, 2.45) is 35.0 Å². The molecule has 0 N–H and O–H groups in total. The minimum atomic E-state index is -0.0287. The highest BCUT2D eigenvalue weighted by molar-refractivity contribution is 4.93. The summed E-state index contributed by atoms with van der Waals surface area (Å²) in [5, 5.41) is 0. The Hall–Kier alpha value is -0.0800. The van der Waals surface area contributed by atoms with Crippen LogP contribution in [0.5, 0.6) is 0 Å². The van der Waals surface area contributed by atoms with Gasteiger partial charge in [0.05, 0.1) is 13.2 Å². The second-order valence-electron chi connectivity index (χ2n) is 8.33. The van der Waals surface area contributed by atoms with Crippen LogP contribution in [0.15, 0.2) is 0 Å². The van der Waals surface area contributed by atoms with Gasteiger partial charge in [-0.3, -0.25) is 0 Å². The normalized spacial score (nSPS) is 29.9. The van der Waals surface area contributed by atoms with Crippen LogP contribution in [-0.4, -0.2) is 19.5 Å². The van der Waals surface area contributed by atoms with Crippen molar-refractivity contribution >= 4 is 0 Å². The second-order valence-corrected chi connectivity index (χ2v) is 8.33. The molecule has 0 amide bonds. The van der Waals surface area contributed by atoms with Gasteiger partial charge >= 0.3 is 0 Å². The van der Waals surface area contributed by atoms with Crippen molar-refractivity contribution in [2.75, 3.05) is 13.2 Å². The summed E-state index contributed by atoms with van der Waals surface area (Å²) < 4.78 is 12.3. The molecule has 0 aliphatic heterocycles. The summed E-state index contributed by atoms with van der Waals surface area (Å²) in [5.74, 6) is 3.02. The lowest BCUT2D eigenvalue weighted by Crippen LogP contribution is -2.32. The molecule has 3 unspecified atom stereocenters. The zero-order valence-corrected chi connectivity index (χ0v) is 14.9. The van der Waals surface area contributed by atoms with Crippen molar-refractivity contribution in [3.63, 3.8) is 0 Å². The first-order valence-corrected chi connectivity index (χ1v) is 8.38. The van der Waals surface area contributed by atoms with Gasteiger partial charge < -0.3 is 9.47 Å². The Balaban J connectivity index is 2.71. The Kier molecular flexibility index (Phi) is 6.53. The Labute approximate surface area is 126 Å². The third-order valence-electron chi connectivity index (χ3n) is 5.00. The highest BCUT2D eigenvalue weighted by Crippen LogP contribution is 2.51. The van der Waals surface area contributed by atoms with E-state index in [9.17, 15) is 0 Å². The third kappa shape index (κ3) is 4.73. The molecular weight excluding hydrogens is 248 g/mol. The standard InChI is InChI=1S/C18H36O2/c1-12(2)10-19-17(20-11-13(3)4)16-9-18(7,8)15(6)14(16)5/h12-17H,9-11H2,1-8H3. The summed E-state index contributed by atoms with van der Waals surface area (Å²) in [6, 6.07) is 0. The van der Waals surface area contributed by atoms with Crippen LogP contribution < -0.4 is 0 Å². The zero-order valence-electron chi connectivity index (χ0n) is 14.9. The summed E-state index contributed by atoms with van der Waals surface area (Å²) in [5.41, 5.74) is 0.394. The first kappa shape index (κ1) is 18.0. The average molecular weight is 284 g/mol. The van der Waals surface area contributed by atoms with Crippen molar-refractivity contribution in [2.45, 2.75) is 68.1 Å². The number of hydrogen-bond acceptors (Lipinski definition) is 2. The van der Waals surface area contributed by atoms with E-state index in [-0.39, 0.29) is 6.29 Å². The van der Waals surface area contributed by atoms with Crippen LogP contribution in [0.1, 0.15) is 61.8 Å². The molecule has 20 heavy (non-hydrogen) atoms. The van der Waals surface area contributed by atoms with E-state index >= 15 is 0 Å². The van der Waals surface area contributed by atoms with E-state index in [0.717, 1.165) is 19.1 Å². The molecule has 0 spiro atoms. The highest BCUT2D eigenvalue weighted by Gasteiger charge is 2.47. The SMILES string of the molecule is CC(C)COC(OCC(C)C)C1CC(C)(C)C(C)C1C. The van der Waals surface area contributed by atoms with Crippen LogP contribution in [0.4, 0.5) is 0 Å². The Bertz CT molecular complexity index is 271. The molecule has 0 saturated heterocycles. The molecular formula is C18H36O2. The third-order valence-corrected chi connectivity index (χ3v) is 5.00. The predicted octanol–water partition coefficient (Wildman–Crippen LogP) is 4.98. The molecule has 0 radical (unpaired) electrons. The van der Waals surface area contributed by atoms with Crippen LogP contribution in [0.25, 0.3) is 0 Å². The van der Waals surface area contributed by atoms with Crippen molar-refractivity contribution in [1.29, 1.82) is 0 Å². The fourth-order valence-electron chi connectivity index (χ4n) is 3.28. The summed E-state index contributed by atoms with van der Waals surface area (Å²) in [7, 11) is 0. The van der Waals surface area contributed by atoms with Gasteiger partial charge in [-0.2, -0.15) is 0 Å². The van der Waals surface area contributed by atoms with Crippen LogP contribution in [0, 0.1) is 35.0 Å². The molecule has 0 aromatic heterocycles. The summed E-state index contributed by atoms with van der Waals surface area (Å²) in [6.45, 7) is 19.9. The van der Waals surface area contributed by atoms with Gasteiger partial charge in [-0.15, -0.1) is 0 Å². The quantitative estimate of drug-likeness (QED) is 0.614. The number of hydrogen-bond donors (Lipinski definition) is 0. The second kappa shape index (κ2) is 7.26. The van der Waals surface area contributed by atoms with E-state index in [2.05, 4.69) is 55.4 Å². The fourth-order valence-corrected chi connectivity index (χ4v) is 3.28. The first-order valence-electron chi connectivity index (χ1n) is 8.38. The maximum Gasteiger partial charge on any atom is 0.160 e. The molecule has 1 aliphatic carbocycles. The minimum Gasteiger partial charge on any atom is -0.352 e. The topological polar surface area (TPSA) is 18.5 Å². The van der Waals surface area contributed by atoms with Gasteiger partial charge in [-0.25, -0.2) is 0 Å². The molecule has 3 atom stereocenters. The highest BCUT2D eigenvalue weighted by atomic mass is 16.7. The average Bonchev–Trinajstić information content (AvgIpc) is 2.52. The molecule has 120 valence electrons. The first-order chi connectivity index (χ1) is 9.15. The van der Waals surface area contributed by atoms with Gasteiger partial charge in [0.25, 0.3) is 0 Å². The summed E-state index contributed by atoms with van der Waals surface area (Å²) in [4.78, 5) is 0. The lowest BCUT2D eigenvalue weighted by atomic mass is 9.81. The Morgan fingerprint density at radius 2 is 1.40 bits per heavy atom. The van der Waals surface area contributed by atoms with Crippen molar-refractivity contribution in [1.82, 2.24) is 0 Å². The smallest absolute Gasteiger partial charge is 0.160 e. The van der Waals surface area contributed by atoms with Crippen LogP contribution in [-0.2, 0) is 9.47 Å². The molecule has 0 bridgehead atoms. The molecule has 0 aromatic rings. The van der Waals surface area contributed by atoms with Gasteiger partial charge in [0.15, 0.2) is 6.29 Å². The maximum absolute atomic E-state index is 6.13. The fraction of sp³-hybridized carbons (Fsp3) is 1.00. The van der Waals surface area contributed by atoms with Crippen LogP contribution in [0.3, 0.4) is 0 Å². The van der Waals surface area contributed by atoms with Gasteiger partial charge in [0.2, 0.25) is 0 Å². The van der Waals surface area contributed by atoms with E-state index in [1.54, 1.807) is 0 Å². The summed E-state index contributed by atoms with van der Waals surface area (Å²) >= 11 is 0. The van der Waals surface area contributed by atoms with Gasteiger partial charge in [-0.1, -0.05) is 55.4 Å². The van der Waals surface area contributed by atoms with Gasteiger partial charge in [0.1, 0.15) is 0 Å². The molecule has 2 nitrogen and oxygen atoms in total. The lowest BCUT2D eigenvalue weighted by Gasteiger charge is -2.29. The van der Waals surface area contributed by atoms with Crippen LogP contribution in [0.2, 0.25) is 0 Å². The molecule has 0 aromatic carbocycles. The minimum absolute atomic E-state index is 0.0287. The lowest BCUT2D eigenvalue weighted by molar-refractivity contribution is -0.189. The monoisotopic (exact) mass is 284 g/mol. The predicted molar refractivity (Wildman–Crippen MR) is 85.6 cm³/mol. The molecule has 1 aliphatic rings. The van der Waals surface area contributed by atoms with E-state index in [4.69, 9.17) is 9.47 Å². The van der Waals surface area contributed by atoms with Crippen LogP contribution >= 0.6 is 0 Å².